The first-order chi connectivity index (χ1) is 14.8. The van der Waals surface area contributed by atoms with Crippen LogP contribution in [-0.2, 0) is 6.54 Å². The molecule has 5 rings (SSSR count). The van der Waals surface area contributed by atoms with Crippen LogP contribution in [-0.4, -0.2) is 37.2 Å². The minimum Gasteiger partial charge on any atom is -0.496 e. The highest BCUT2D eigenvalue weighted by Crippen LogP contribution is 2.44. The smallest absolute Gasteiger partial charge is 0.123 e. The van der Waals surface area contributed by atoms with E-state index in [0.717, 1.165) is 25.4 Å². The number of rotatable bonds is 6. The maximum absolute atomic E-state index is 5.57. The van der Waals surface area contributed by atoms with Crippen molar-refractivity contribution in [1.82, 2.24) is 10.2 Å². The van der Waals surface area contributed by atoms with Crippen LogP contribution in [0.3, 0.4) is 0 Å². The second-order valence-corrected chi connectivity index (χ2v) is 8.21. The van der Waals surface area contributed by atoms with Crippen molar-refractivity contribution >= 4 is 12.2 Å². The molecule has 3 aromatic carbocycles. The Morgan fingerprint density at radius 3 is 2.17 bits per heavy atom. The van der Waals surface area contributed by atoms with Crippen LogP contribution in [0.25, 0.3) is 12.2 Å². The van der Waals surface area contributed by atoms with Crippen LogP contribution >= 0.6 is 0 Å². The van der Waals surface area contributed by atoms with Crippen LogP contribution in [0.1, 0.15) is 28.2 Å². The van der Waals surface area contributed by atoms with E-state index in [9.17, 15) is 0 Å². The first kappa shape index (κ1) is 19.1. The maximum Gasteiger partial charge on any atom is 0.123 e. The topological polar surface area (TPSA) is 24.5 Å². The number of benzene rings is 3. The summed E-state index contributed by atoms with van der Waals surface area (Å²) in [5.41, 5.74) is 5.21. The van der Waals surface area contributed by atoms with Crippen molar-refractivity contribution in [3.63, 3.8) is 0 Å². The van der Waals surface area contributed by atoms with Crippen molar-refractivity contribution in [3.8, 4) is 5.75 Å². The fourth-order valence-corrected chi connectivity index (χ4v) is 4.98. The molecular formula is C27H28N2O. The molecule has 2 bridgehead atoms. The summed E-state index contributed by atoms with van der Waals surface area (Å²) in [6.45, 7) is 3.05. The van der Waals surface area contributed by atoms with E-state index < -0.39 is 0 Å². The highest BCUT2D eigenvalue weighted by Gasteiger charge is 2.51. The van der Waals surface area contributed by atoms with Crippen LogP contribution in [0, 0.1) is 0 Å². The lowest BCUT2D eigenvalue weighted by Crippen LogP contribution is -2.72. The number of nitrogens with zero attached hydrogens (tertiary/aromatic N) is 1. The summed E-state index contributed by atoms with van der Waals surface area (Å²) in [6.07, 6.45) is 4.36. The van der Waals surface area contributed by atoms with Gasteiger partial charge in [-0.15, -0.1) is 0 Å². The molecule has 0 amide bonds. The molecule has 2 fully saturated rings. The Hall–Kier alpha value is -2.88. The number of piperidine rings is 1. The summed E-state index contributed by atoms with van der Waals surface area (Å²) in [4.78, 5) is 2.64. The van der Waals surface area contributed by atoms with Gasteiger partial charge in [-0.2, -0.15) is 0 Å². The van der Waals surface area contributed by atoms with Gasteiger partial charge in [-0.25, -0.2) is 0 Å². The summed E-state index contributed by atoms with van der Waals surface area (Å²) >= 11 is 0. The van der Waals surface area contributed by atoms with Crippen LogP contribution in [0.15, 0.2) is 78.9 Å². The van der Waals surface area contributed by atoms with E-state index in [1.165, 1.54) is 22.3 Å². The Morgan fingerprint density at radius 2 is 1.47 bits per heavy atom. The average molecular weight is 397 g/mol. The van der Waals surface area contributed by atoms with Gasteiger partial charge in [-0.05, 0) is 22.8 Å². The molecule has 1 unspecified atom stereocenters. The number of methoxy groups -OCH3 is 1. The van der Waals surface area contributed by atoms with Gasteiger partial charge in [0.2, 0.25) is 0 Å². The predicted molar refractivity (Wildman–Crippen MR) is 124 cm³/mol. The zero-order valence-corrected chi connectivity index (χ0v) is 17.4. The molecule has 2 saturated heterocycles. The minimum absolute atomic E-state index is 0.541. The lowest BCUT2D eigenvalue weighted by atomic mass is 9.72. The van der Waals surface area contributed by atoms with Gasteiger partial charge in [0.25, 0.3) is 0 Å². The summed E-state index contributed by atoms with van der Waals surface area (Å²) in [7, 11) is 1.76. The first-order valence-corrected chi connectivity index (χ1v) is 10.7. The van der Waals surface area contributed by atoms with E-state index in [0.29, 0.717) is 18.0 Å². The van der Waals surface area contributed by atoms with Crippen molar-refractivity contribution in [2.75, 3.05) is 20.2 Å². The lowest BCUT2D eigenvalue weighted by molar-refractivity contribution is -0.0487. The zero-order valence-electron chi connectivity index (χ0n) is 17.4. The second-order valence-electron chi connectivity index (χ2n) is 8.21. The van der Waals surface area contributed by atoms with Crippen LogP contribution < -0.4 is 10.1 Å². The normalized spacial score (nSPS) is 23.3. The van der Waals surface area contributed by atoms with Gasteiger partial charge in [0.1, 0.15) is 5.75 Å². The third kappa shape index (κ3) is 3.67. The fourth-order valence-electron chi connectivity index (χ4n) is 4.98. The molecule has 30 heavy (non-hydrogen) atoms. The Bertz CT molecular complexity index is 1000. The molecule has 3 atom stereocenters. The summed E-state index contributed by atoms with van der Waals surface area (Å²) in [6, 6.07) is 29.1. The van der Waals surface area contributed by atoms with Crippen molar-refractivity contribution in [2.24, 2.45) is 0 Å². The van der Waals surface area contributed by atoms with Crippen molar-refractivity contribution in [2.45, 2.75) is 24.5 Å². The molecule has 152 valence electrons. The zero-order chi connectivity index (χ0) is 20.3. The van der Waals surface area contributed by atoms with E-state index in [-0.39, 0.29) is 0 Å². The summed E-state index contributed by atoms with van der Waals surface area (Å²) < 4.78 is 5.57. The summed E-state index contributed by atoms with van der Waals surface area (Å²) in [5.74, 6) is 1.59. The third-order valence-electron chi connectivity index (χ3n) is 6.52. The van der Waals surface area contributed by atoms with E-state index in [1.54, 1.807) is 7.11 Å². The molecule has 3 nitrogen and oxygen atoms in total. The highest BCUT2D eigenvalue weighted by atomic mass is 16.5. The number of nitrogens with one attached hydrogen (secondary N) is 1. The number of fused-ring (bicyclic) bond motifs is 2. The average Bonchev–Trinajstić information content (AvgIpc) is 2.82. The van der Waals surface area contributed by atoms with Gasteiger partial charge < -0.3 is 10.1 Å². The number of piperazine rings is 1. The quantitative estimate of drug-likeness (QED) is 0.606. The Labute approximate surface area is 179 Å². The minimum atomic E-state index is 0.541. The molecule has 2 aliphatic rings. The van der Waals surface area contributed by atoms with Crippen molar-refractivity contribution < 1.29 is 4.74 Å². The predicted octanol–water partition coefficient (Wildman–Crippen LogP) is 4.81. The van der Waals surface area contributed by atoms with Gasteiger partial charge in [-0.1, -0.05) is 84.9 Å². The third-order valence-corrected chi connectivity index (χ3v) is 6.52. The van der Waals surface area contributed by atoms with E-state index in [1.807, 2.05) is 12.1 Å². The number of hydrogen-bond donors (Lipinski definition) is 1. The molecular weight excluding hydrogens is 368 g/mol. The van der Waals surface area contributed by atoms with E-state index in [2.05, 4.69) is 89.1 Å². The number of ether oxygens (including phenoxy) is 1. The van der Waals surface area contributed by atoms with Crippen LogP contribution in [0.4, 0.5) is 0 Å². The summed E-state index contributed by atoms with van der Waals surface area (Å²) in [5, 5.41) is 3.59. The molecule has 0 aromatic heterocycles. The SMILES string of the molecule is COc1ccccc1CN1[C@@H]2CNC[C@H]1C2c1ccc(/C=C/c2ccccc2)cc1. The molecule has 3 heteroatoms. The van der Waals surface area contributed by atoms with Gasteiger partial charge >= 0.3 is 0 Å². The first-order valence-electron chi connectivity index (χ1n) is 10.7. The molecule has 0 saturated carbocycles. The van der Waals surface area contributed by atoms with Gasteiger partial charge in [0.05, 0.1) is 7.11 Å². The molecule has 1 N–H and O–H groups in total. The van der Waals surface area contributed by atoms with Crippen molar-refractivity contribution in [1.29, 1.82) is 0 Å². The fraction of sp³-hybridized carbons (Fsp3) is 0.259. The molecule has 0 spiro atoms. The van der Waals surface area contributed by atoms with E-state index >= 15 is 0 Å². The molecule has 2 aliphatic heterocycles. The lowest BCUT2D eigenvalue weighted by Gasteiger charge is -2.59. The Balaban J connectivity index is 1.29. The van der Waals surface area contributed by atoms with Gasteiger partial charge in [0.15, 0.2) is 0 Å². The Kier molecular flexibility index (Phi) is 5.39. The molecule has 0 radical (unpaired) electrons. The van der Waals surface area contributed by atoms with Crippen LogP contribution in [0.5, 0.6) is 5.75 Å². The van der Waals surface area contributed by atoms with Crippen LogP contribution in [0.2, 0.25) is 0 Å². The van der Waals surface area contributed by atoms with Gasteiger partial charge in [0, 0.05) is 43.2 Å². The highest BCUT2D eigenvalue weighted by molar-refractivity contribution is 5.69. The second kappa shape index (κ2) is 8.47. The standard InChI is InChI=1S/C27H28N2O/c1-30-26-10-6-5-9-23(26)19-29-24-17-28-18-25(29)27(24)22-15-13-21(14-16-22)12-11-20-7-3-2-4-8-20/h2-16,24-25,27-28H,17-19H2,1H3/b12-11+/t24-,25+,27?. The monoisotopic (exact) mass is 396 g/mol. The molecule has 3 aromatic rings. The molecule has 0 aliphatic carbocycles. The maximum atomic E-state index is 5.57. The molecule has 2 heterocycles. The number of hydrogen-bond acceptors (Lipinski definition) is 3. The van der Waals surface area contributed by atoms with Gasteiger partial charge in [-0.3, -0.25) is 4.90 Å². The number of para-hydroxylation sites is 1. The largest absolute Gasteiger partial charge is 0.496 e. The van der Waals surface area contributed by atoms with E-state index in [4.69, 9.17) is 4.74 Å². The Morgan fingerprint density at radius 1 is 0.833 bits per heavy atom. The van der Waals surface area contributed by atoms with Crippen molar-refractivity contribution in [3.05, 3.63) is 101 Å².